The van der Waals surface area contributed by atoms with Gasteiger partial charge in [-0.05, 0) is 93.2 Å². The Kier molecular flexibility index (Phi) is 7.22. The lowest BCUT2D eigenvalue weighted by Crippen LogP contribution is -2.20. The first-order chi connectivity index (χ1) is 16.6. The van der Waals surface area contributed by atoms with Crippen LogP contribution in [0.3, 0.4) is 0 Å². The number of rotatable bonds is 7. The maximum absolute atomic E-state index is 14.8. The minimum absolute atomic E-state index is 0.0674. The molecule has 1 aliphatic rings. The zero-order valence-corrected chi connectivity index (χ0v) is 21.0. The summed E-state index contributed by atoms with van der Waals surface area (Å²) in [4.78, 5) is 17.5. The number of carboxylic acids is 1. The van der Waals surface area contributed by atoms with Crippen LogP contribution in [0.4, 0.5) is 4.39 Å². The molecular formula is C29H33FN2O3. The van der Waals surface area contributed by atoms with Crippen molar-refractivity contribution >= 4 is 5.97 Å². The Bertz CT molecular complexity index is 1240. The van der Waals surface area contributed by atoms with Crippen molar-refractivity contribution < 1.29 is 19.0 Å². The van der Waals surface area contributed by atoms with Crippen molar-refractivity contribution in [1.29, 1.82) is 0 Å². The van der Waals surface area contributed by atoms with E-state index in [1.165, 1.54) is 6.20 Å². The number of aromatic nitrogens is 1. The first kappa shape index (κ1) is 24.9. The molecular weight excluding hydrogens is 443 g/mol. The predicted octanol–water partition coefficient (Wildman–Crippen LogP) is 6.15. The molecule has 2 aromatic carbocycles. The highest BCUT2D eigenvalue weighted by Gasteiger charge is 2.25. The van der Waals surface area contributed by atoms with Crippen LogP contribution in [0.15, 0.2) is 48.7 Å². The predicted molar refractivity (Wildman–Crippen MR) is 135 cm³/mol. The van der Waals surface area contributed by atoms with E-state index >= 15 is 0 Å². The van der Waals surface area contributed by atoms with Crippen LogP contribution in [0.5, 0.6) is 5.75 Å². The van der Waals surface area contributed by atoms with E-state index in [0.717, 1.165) is 52.1 Å². The molecule has 0 radical (unpaired) electrons. The standard InChI is InChI=1S/C29H33FN2O3/c1-17(29(33)34)12-20-6-7-21-9-11-27(35-28(21)14-20)22-8-10-23(24(15-22)19(3)32(4)5)25-13-18(2)31-16-26(25)30/h6-8,10,13-17,19,27H,9,11-12H2,1-5H3,(H,33,34). The Morgan fingerprint density at radius 1 is 1.17 bits per heavy atom. The highest BCUT2D eigenvalue weighted by atomic mass is 19.1. The van der Waals surface area contributed by atoms with E-state index in [0.29, 0.717) is 12.0 Å². The molecule has 5 nitrogen and oxygen atoms in total. The van der Waals surface area contributed by atoms with Gasteiger partial charge >= 0.3 is 5.97 Å². The number of ether oxygens (including phenoxy) is 1. The summed E-state index contributed by atoms with van der Waals surface area (Å²) in [6, 6.07) is 14.1. The third-order valence-electron chi connectivity index (χ3n) is 6.99. The number of hydrogen-bond donors (Lipinski definition) is 1. The smallest absolute Gasteiger partial charge is 0.306 e. The molecule has 0 fully saturated rings. The van der Waals surface area contributed by atoms with E-state index in [4.69, 9.17) is 4.74 Å². The number of hydrogen-bond acceptors (Lipinski definition) is 4. The van der Waals surface area contributed by atoms with Crippen molar-refractivity contribution in [2.24, 2.45) is 5.92 Å². The second-order valence-corrected chi connectivity index (χ2v) is 9.82. The lowest BCUT2D eigenvalue weighted by molar-refractivity contribution is -0.141. The number of carbonyl (C=O) groups is 1. The van der Waals surface area contributed by atoms with Crippen LogP contribution in [0.25, 0.3) is 11.1 Å². The molecule has 6 heteroatoms. The van der Waals surface area contributed by atoms with Gasteiger partial charge in [0.1, 0.15) is 17.7 Å². The fraction of sp³-hybridized carbons (Fsp3) is 0.379. The summed E-state index contributed by atoms with van der Waals surface area (Å²) < 4.78 is 21.2. The third-order valence-corrected chi connectivity index (χ3v) is 6.99. The van der Waals surface area contributed by atoms with Crippen molar-refractivity contribution in [1.82, 2.24) is 9.88 Å². The van der Waals surface area contributed by atoms with Gasteiger partial charge in [0, 0.05) is 17.3 Å². The SMILES string of the molecule is Cc1cc(-c2ccc(C3CCc4ccc(CC(C)C(=O)O)cc4O3)cc2C(C)N(C)C)c(F)cn1. The van der Waals surface area contributed by atoms with Gasteiger partial charge in [-0.3, -0.25) is 9.78 Å². The fourth-order valence-electron chi connectivity index (χ4n) is 4.62. The van der Waals surface area contributed by atoms with Gasteiger partial charge in [-0.25, -0.2) is 4.39 Å². The Hall–Kier alpha value is -3.25. The van der Waals surface area contributed by atoms with Gasteiger partial charge in [-0.15, -0.1) is 0 Å². The normalized spacial score (nSPS) is 16.9. The van der Waals surface area contributed by atoms with E-state index in [2.05, 4.69) is 22.9 Å². The van der Waals surface area contributed by atoms with Crippen molar-refractivity contribution in [2.45, 2.75) is 52.2 Å². The van der Waals surface area contributed by atoms with Crippen LogP contribution in [0, 0.1) is 18.7 Å². The van der Waals surface area contributed by atoms with E-state index in [1.54, 1.807) is 13.0 Å². The third kappa shape index (κ3) is 5.38. The summed E-state index contributed by atoms with van der Waals surface area (Å²) >= 11 is 0. The van der Waals surface area contributed by atoms with Crippen LogP contribution < -0.4 is 4.74 Å². The molecule has 0 aliphatic carbocycles. The number of nitrogens with zero attached hydrogens (tertiary/aromatic N) is 2. The highest BCUT2D eigenvalue weighted by molar-refractivity contribution is 5.70. The molecule has 0 amide bonds. The van der Waals surface area contributed by atoms with Crippen LogP contribution in [0.1, 0.15) is 60.4 Å². The summed E-state index contributed by atoms with van der Waals surface area (Å²) in [5, 5.41) is 9.26. The van der Waals surface area contributed by atoms with Gasteiger partial charge in [-0.1, -0.05) is 31.2 Å². The zero-order valence-electron chi connectivity index (χ0n) is 21.0. The molecule has 1 aromatic heterocycles. The van der Waals surface area contributed by atoms with E-state index < -0.39 is 11.9 Å². The molecule has 0 saturated carbocycles. The molecule has 2 heterocycles. The molecule has 1 N–H and O–H groups in total. The summed E-state index contributed by atoms with van der Waals surface area (Å²) in [7, 11) is 4.03. The molecule has 3 atom stereocenters. The molecule has 35 heavy (non-hydrogen) atoms. The van der Waals surface area contributed by atoms with Crippen molar-refractivity contribution in [3.8, 4) is 16.9 Å². The minimum atomic E-state index is -0.801. The molecule has 3 aromatic rings. The van der Waals surface area contributed by atoms with Gasteiger partial charge in [0.2, 0.25) is 0 Å². The second kappa shape index (κ2) is 10.2. The number of carboxylic acid groups (broad SMARTS) is 1. The fourth-order valence-corrected chi connectivity index (χ4v) is 4.62. The van der Waals surface area contributed by atoms with Gasteiger partial charge in [0.05, 0.1) is 12.1 Å². The number of benzene rings is 2. The van der Waals surface area contributed by atoms with Crippen LogP contribution in [-0.4, -0.2) is 35.1 Å². The number of aliphatic carboxylic acids is 1. The molecule has 4 rings (SSSR count). The van der Waals surface area contributed by atoms with E-state index in [-0.39, 0.29) is 18.0 Å². The van der Waals surface area contributed by atoms with Gasteiger partial charge in [0.15, 0.2) is 0 Å². The van der Waals surface area contributed by atoms with Crippen molar-refractivity contribution in [3.05, 3.63) is 82.4 Å². The van der Waals surface area contributed by atoms with Gasteiger partial charge in [0.25, 0.3) is 0 Å². The maximum Gasteiger partial charge on any atom is 0.306 e. The van der Waals surface area contributed by atoms with Crippen molar-refractivity contribution in [2.75, 3.05) is 14.1 Å². The lowest BCUT2D eigenvalue weighted by atomic mass is 9.89. The monoisotopic (exact) mass is 476 g/mol. The molecule has 0 bridgehead atoms. The summed E-state index contributed by atoms with van der Waals surface area (Å²) in [5.74, 6) is -0.766. The zero-order chi connectivity index (χ0) is 25.3. The summed E-state index contributed by atoms with van der Waals surface area (Å²) in [6.45, 7) is 5.69. The van der Waals surface area contributed by atoms with E-state index in [1.807, 2.05) is 51.4 Å². The Balaban J connectivity index is 1.68. The summed E-state index contributed by atoms with van der Waals surface area (Å²) in [5.41, 5.74) is 6.38. The average Bonchev–Trinajstić information content (AvgIpc) is 2.84. The van der Waals surface area contributed by atoms with Crippen molar-refractivity contribution in [3.63, 3.8) is 0 Å². The first-order valence-electron chi connectivity index (χ1n) is 12.1. The largest absolute Gasteiger partial charge is 0.485 e. The van der Waals surface area contributed by atoms with Crippen LogP contribution in [-0.2, 0) is 17.6 Å². The highest BCUT2D eigenvalue weighted by Crippen LogP contribution is 2.39. The Morgan fingerprint density at radius 3 is 2.66 bits per heavy atom. The number of aryl methyl sites for hydroxylation is 2. The van der Waals surface area contributed by atoms with Gasteiger partial charge in [-0.2, -0.15) is 0 Å². The average molecular weight is 477 g/mol. The second-order valence-electron chi connectivity index (χ2n) is 9.82. The molecule has 0 saturated heterocycles. The quantitative estimate of drug-likeness (QED) is 0.443. The first-order valence-corrected chi connectivity index (χ1v) is 12.1. The van der Waals surface area contributed by atoms with Crippen LogP contribution in [0.2, 0.25) is 0 Å². The van der Waals surface area contributed by atoms with Gasteiger partial charge < -0.3 is 14.7 Å². The van der Waals surface area contributed by atoms with Crippen LogP contribution >= 0.6 is 0 Å². The minimum Gasteiger partial charge on any atom is -0.485 e. The van der Waals surface area contributed by atoms with E-state index in [9.17, 15) is 14.3 Å². The number of pyridine rings is 1. The molecule has 3 unspecified atom stereocenters. The lowest BCUT2D eigenvalue weighted by Gasteiger charge is -2.29. The molecule has 1 aliphatic heterocycles. The number of halogens is 1. The Labute approximate surface area is 206 Å². The Morgan fingerprint density at radius 2 is 1.94 bits per heavy atom. The topological polar surface area (TPSA) is 62.7 Å². The number of fused-ring (bicyclic) bond motifs is 1. The summed E-state index contributed by atoms with van der Waals surface area (Å²) in [6.07, 6.45) is 3.35. The molecule has 184 valence electrons. The maximum atomic E-state index is 14.8. The molecule has 0 spiro atoms.